The van der Waals surface area contributed by atoms with Crippen LogP contribution in [0.1, 0.15) is 21.7 Å². The molecule has 0 aliphatic rings. The van der Waals surface area contributed by atoms with Gasteiger partial charge in [0.15, 0.2) is 5.69 Å². The number of rotatable bonds is 7. The zero-order valence-corrected chi connectivity index (χ0v) is 16.3. The molecule has 146 valence electrons. The van der Waals surface area contributed by atoms with Crippen LogP contribution in [0.25, 0.3) is 0 Å². The Morgan fingerprint density at radius 3 is 2.68 bits per heavy atom. The number of benzene rings is 1. The number of carboxylic acids is 1. The SMILES string of the molecule is C=C(/C=C(\C=C/N)C(=O)O)NC(=O)c1nnn(Cc2ccc(Cl)c(Cl)c2)c1C. The van der Waals surface area contributed by atoms with E-state index in [0.717, 1.165) is 11.8 Å². The summed E-state index contributed by atoms with van der Waals surface area (Å²) in [5, 5.41) is 20.2. The molecule has 1 amide bonds. The van der Waals surface area contributed by atoms with Crippen molar-refractivity contribution in [2.75, 3.05) is 0 Å². The van der Waals surface area contributed by atoms with Gasteiger partial charge in [0.2, 0.25) is 0 Å². The van der Waals surface area contributed by atoms with Crippen LogP contribution in [0.4, 0.5) is 0 Å². The summed E-state index contributed by atoms with van der Waals surface area (Å²) in [4.78, 5) is 23.5. The quantitative estimate of drug-likeness (QED) is 0.466. The molecule has 2 rings (SSSR count). The van der Waals surface area contributed by atoms with E-state index in [-0.39, 0.29) is 17.0 Å². The monoisotopic (exact) mass is 421 g/mol. The highest BCUT2D eigenvalue weighted by Gasteiger charge is 2.17. The first-order chi connectivity index (χ1) is 13.2. The maximum atomic E-state index is 12.4. The number of hydrogen-bond donors (Lipinski definition) is 3. The molecule has 4 N–H and O–H groups in total. The lowest BCUT2D eigenvalue weighted by Gasteiger charge is -2.06. The summed E-state index contributed by atoms with van der Waals surface area (Å²) in [5.41, 5.74) is 6.57. The Kier molecular flexibility index (Phi) is 6.97. The standard InChI is InChI=1S/C18H17Cl2N5O3/c1-10(7-13(5-6-21)18(27)28)22-17(26)16-11(2)25(24-23-16)9-12-3-4-14(19)15(20)8-12/h3-8H,1,9,21H2,2H3,(H,22,26)(H,27,28)/b6-5-,13-7+. The minimum absolute atomic E-state index is 0.0685. The van der Waals surface area contributed by atoms with Crippen molar-refractivity contribution in [2.24, 2.45) is 5.73 Å². The minimum Gasteiger partial charge on any atom is -0.478 e. The van der Waals surface area contributed by atoms with Gasteiger partial charge < -0.3 is 16.2 Å². The fourth-order valence-electron chi connectivity index (χ4n) is 2.24. The van der Waals surface area contributed by atoms with Crippen LogP contribution in [0.3, 0.4) is 0 Å². The number of allylic oxidation sites excluding steroid dienone is 1. The van der Waals surface area contributed by atoms with Crippen molar-refractivity contribution in [3.63, 3.8) is 0 Å². The topological polar surface area (TPSA) is 123 Å². The smallest absolute Gasteiger partial charge is 0.335 e. The van der Waals surface area contributed by atoms with Crippen LogP contribution in [0.2, 0.25) is 10.0 Å². The van der Waals surface area contributed by atoms with E-state index >= 15 is 0 Å². The Labute approximate surface area is 170 Å². The Bertz CT molecular complexity index is 995. The molecule has 0 aliphatic carbocycles. The van der Waals surface area contributed by atoms with E-state index in [2.05, 4.69) is 22.2 Å². The zero-order valence-electron chi connectivity index (χ0n) is 14.8. The molecule has 0 atom stereocenters. The van der Waals surface area contributed by atoms with Gasteiger partial charge in [-0.1, -0.05) is 41.1 Å². The number of carboxylic acid groups (broad SMARTS) is 1. The molecule has 0 saturated carbocycles. The van der Waals surface area contributed by atoms with Gasteiger partial charge >= 0.3 is 5.97 Å². The molecule has 0 spiro atoms. The lowest BCUT2D eigenvalue weighted by Crippen LogP contribution is -2.23. The van der Waals surface area contributed by atoms with Crippen molar-refractivity contribution >= 4 is 35.1 Å². The average Bonchev–Trinajstić information content (AvgIpc) is 2.98. The van der Waals surface area contributed by atoms with E-state index in [0.29, 0.717) is 22.3 Å². The summed E-state index contributed by atoms with van der Waals surface area (Å²) in [5.74, 6) is -1.78. The van der Waals surface area contributed by atoms with Crippen LogP contribution < -0.4 is 11.1 Å². The van der Waals surface area contributed by atoms with Crippen molar-refractivity contribution in [3.8, 4) is 0 Å². The average molecular weight is 422 g/mol. The Hall–Kier alpha value is -3.10. The van der Waals surface area contributed by atoms with Gasteiger partial charge in [0.05, 0.1) is 27.9 Å². The molecule has 8 nitrogen and oxygen atoms in total. The number of amides is 1. The molecule has 0 unspecified atom stereocenters. The van der Waals surface area contributed by atoms with Gasteiger partial charge in [0.25, 0.3) is 5.91 Å². The summed E-state index contributed by atoms with van der Waals surface area (Å²) in [7, 11) is 0. The Morgan fingerprint density at radius 2 is 2.07 bits per heavy atom. The predicted octanol–water partition coefficient (Wildman–Crippen LogP) is 2.67. The molecule has 10 heteroatoms. The Morgan fingerprint density at radius 1 is 1.36 bits per heavy atom. The molecule has 0 aliphatic heterocycles. The molecule has 28 heavy (non-hydrogen) atoms. The van der Waals surface area contributed by atoms with Crippen molar-refractivity contribution in [2.45, 2.75) is 13.5 Å². The number of aliphatic carboxylic acids is 1. The van der Waals surface area contributed by atoms with Gasteiger partial charge in [0.1, 0.15) is 0 Å². The zero-order chi connectivity index (χ0) is 20.8. The maximum absolute atomic E-state index is 12.4. The molecular formula is C18H17Cl2N5O3. The van der Waals surface area contributed by atoms with Crippen LogP contribution in [0.15, 0.2) is 54.4 Å². The van der Waals surface area contributed by atoms with E-state index in [1.807, 2.05) is 0 Å². The van der Waals surface area contributed by atoms with E-state index in [4.69, 9.17) is 34.0 Å². The second-order valence-corrected chi connectivity index (χ2v) is 6.49. The number of hydrogen-bond acceptors (Lipinski definition) is 5. The van der Waals surface area contributed by atoms with E-state index < -0.39 is 11.9 Å². The number of nitrogens with two attached hydrogens (primary N) is 1. The minimum atomic E-state index is -1.21. The third kappa shape index (κ3) is 5.21. The van der Waals surface area contributed by atoms with Gasteiger partial charge in [-0.3, -0.25) is 4.79 Å². The molecule has 0 radical (unpaired) electrons. The first-order valence-corrected chi connectivity index (χ1v) is 8.66. The lowest BCUT2D eigenvalue weighted by molar-refractivity contribution is -0.132. The molecule has 1 aromatic heterocycles. The predicted molar refractivity (Wildman–Crippen MR) is 106 cm³/mol. The first kappa shape index (κ1) is 21.2. The molecule has 0 bridgehead atoms. The molecule has 1 aromatic carbocycles. The van der Waals surface area contributed by atoms with Crippen molar-refractivity contribution in [1.82, 2.24) is 20.3 Å². The summed E-state index contributed by atoms with van der Waals surface area (Å²) >= 11 is 11.9. The molecular weight excluding hydrogens is 405 g/mol. The second-order valence-electron chi connectivity index (χ2n) is 5.67. The van der Waals surface area contributed by atoms with Gasteiger partial charge in [-0.25, -0.2) is 9.48 Å². The number of aromatic nitrogens is 3. The second kappa shape index (κ2) is 9.20. The van der Waals surface area contributed by atoms with Crippen LogP contribution in [-0.4, -0.2) is 32.0 Å². The van der Waals surface area contributed by atoms with Crippen molar-refractivity contribution in [3.05, 3.63) is 81.4 Å². The van der Waals surface area contributed by atoms with Crippen molar-refractivity contribution < 1.29 is 14.7 Å². The highest BCUT2D eigenvalue weighted by atomic mass is 35.5. The van der Waals surface area contributed by atoms with Crippen molar-refractivity contribution in [1.29, 1.82) is 0 Å². The van der Waals surface area contributed by atoms with E-state index in [1.165, 1.54) is 16.8 Å². The van der Waals surface area contributed by atoms with Gasteiger partial charge in [-0.2, -0.15) is 0 Å². The largest absolute Gasteiger partial charge is 0.478 e. The molecule has 0 fully saturated rings. The lowest BCUT2D eigenvalue weighted by atomic mass is 10.2. The maximum Gasteiger partial charge on any atom is 0.335 e. The molecule has 1 heterocycles. The highest BCUT2D eigenvalue weighted by molar-refractivity contribution is 6.42. The summed E-state index contributed by atoms with van der Waals surface area (Å²) in [6.45, 7) is 5.65. The third-order valence-electron chi connectivity index (χ3n) is 3.64. The Balaban J connectivity index is 2.15. The molecule has 0 saturated heterocycles. The number of nitrogens with zero attached hydrogens (tertiary/aromatic N) is 3. The summed E-state index contributed by atoms with van der Waals surface area (Å²) < 4.78 is 1.53. The number of nitrogens with one attached hydrogen (secondary N) is 1. The highest BCUT2D eigenvalue weighted by Crippen LogP contribution is 2.23. The number of halogens is 2. The molecule has 2 aromatic rings. The summed E-state index contributed by atoms with van der Waals surface area (Å²) in [6.07, 6.45) is 3.44. The fourth-order valence-corrected chi connectivity index (χ4v) is 2.57. The third-order valence-corrected chi connectivity index (χ3v) is 4.38. The van der Waals surface area contributed by atoms with Gasteiger partial charge in [-0.15, -0.1) is 5.10 Å². The van der Waals surface area contributed by atoms with Gasteiger partial charge in [-0.05, 0) is 43.0 Å². The first-order valence-electron chi connectivity index (χ1n) is 7.90. The number of carbonyl (C=O) groups excluding carboxylic acids is 1. The van der Waals surface area contributed by atoms with Crippen LogP contribution in [-0.2, 0) is 11.3 Å². The normalized spacial score (nSPS) is 11.6. The van der Waals surface area contributed by atoms with E-state index in [9.17, 15) is 9.59 Å². The fraction of sp³-hybridized carbons (Fsp3) is 0.111. The van der Waals surface area contributed by atoms with E-state index in [1.54, 1.807) is 25.1 Å². The van der Waals surface area contributed by atoms with Crippen LogP contribution in [0.5, 0.6) is 0 Å². The van der Waals surface area contributed by atoms with Gasteiger partial charge in [0, 0.05) is 5.70 Å². The summed E-state index contributed by atoms with van der Waals surface area (Å²) in [6, 6.07) is 5.17. The van der Waals surface area contributed by atoms with Crippen LogP contribution in [0, 0.1) is 6.92 Å². The van der Waals surface area contributed by atoms with Crippen LogP contribution >= 0.6 is 23.2 Å². The number of carbonyl (C=O) groups is 2.